The molecular weight excluding hydrogens is 270 g/mol. The lowest BCUT2D eigenvalue weighted by Gasteiger charge is -2.18. The van der Waals surface area contributed by atoms with Gasteiger partial charge in [0.05, 0.1) is 0 Å². The van der Waals surface area contributed by atoms with Crippen LogP contribution in [0, 0.1) is 5.92 Å². The highest BCUT2D eigenvalue weighted by atomic mass is 79.9. The smallest absolute Gasteiger partial charge is 0.352 e. The Bertz CT molecular complexity index is 396. The SMILES string of the molecule is CCC(CC1CC1)n1cc(Br)cc1C(=O)O. The summed E-state index contributed by atoms with van der Waals surface area (Å²) in [5, 5.41) is 9.13. The van der Waals surface area contributed by atoms with E-state index in [0.717, 1.165) is 23.2 Å². The molecule has 0 aromatic carbocycles. The Labute approximate surface area is 104 Å². The molecule has 88 valence electrons. The zero-order chi connectivity index (χ0) is 11.7. The second kappa shape index (κ2) is 4.62. The first-order valence-corrected chi connectivity index (χ1v) is 6.51. The molecule has 3 nitrogen and oxygen atoms in total. The molecule has 1 aromatic heterocycles. The van der Waals surface area contributed by atoms with E-state index in [2.05, 4.69) is 22.9 Å². The summed E-state index contributed by atoms with van der Waals surface area (Å²) in [6.07, 6.45) is 6.60. The molecule has 1 saturated carbocycles. The number of aromatic carboxylic acids is 1. The first-order chi connectivity index (χ1) is 7.61. The summed E-state index contributed by atoms with van der Waals surface area (Å²) >= 11 is 3.35. The van der Waals surface area contributed by atoms with Crippen molar-refractivity contribution < 1.29 is 9.90 Å². The molecular formula is C12H16BrNO2. The fourth-order valence-electron chi connectivity index (χ4n) is 2.13. The Morgan fingerprint density at radius 2 is 2.38 bits per heavy atom. The maximum atomic E-state index is 11.1. The fraction of sp³-hybridized carbons (Fsp3) is 0.583. The number of halogens is 1. The minimum atomic E-state index is -0.847. The van der Waals surface area contributed by atoms with E-state index in [0.29, 0.717) is 11.7 Å². The lowest BCUT2D eigenvalue weighted by atomic mass is 10.1. The van der Waals surface area contributed by atoms with Crippen molar-refractivity contribution >= 4 is 21.9 Å². The molecule has 0 radical (unpaired) electrons. The van der Waals surface area contributed by atoms with Gasteiger partial charge >= 0.3 is 5.97 Å². The number of carbonyl (C=O) groups is 1. The van der Waals surface area contributed by atoms with E-state index in [4.69, 9.17) is 5.11 Å². The monoisotopic (exact) mass is 285 g/mol. The molecule has 16 heavy (non-hydrogen) atoms. The third kappa shape index (κ3) is 2.48. The van der Waals surface area contributed by atoms with Gasteiger partial charge in [-0.3, -0.25) is 0 Å². The van der Waals surface area contributed by atoms with Gasteiger partial charge in [-0.05, 0) is 40.8 Å². The summed E-state index contributed by atoms with van der Waals surface area (Å²) in [5.41, 5.74) is 0.388. The second-order valence-electron chi connectivity index (χ2n) is 4.50. The van der Waals surface area contributed by atoms with Gasteiger partial charge < -0.3 is 9.67 Å². The van der Waals surface area contributed by atoms with Crippen molar-refractivity contribution in [2.24, 2.45) is 5.92 Å². The number of hydrogen-bond acceptors (Lipinski definition) is 1. The van der Waals surface area contributed by atoms with Gasteiger partial charge in [0.1, 0.15) is 5.69 Å². The Morgan fingerprint density at radius 1 is 1.69 bits per heavy atom. The molecule has 1 aromatic rings. The quantitative estimate of drug-likeness (QED) is 0.896. The first kappa shape index (κ1) is 11.7. The molecule has 0 saturated heterocycles. The lowest BCUT2D eigenvalue weighted by Crippen LogP contribution is -2.14. The lowest BCUT2D eigenvalue weighted by molar-refractivity contribution is 0.0681. The highest BCUT2D eigenvalue weighted by Gasteiger charge is 2.27. The predicted octanol–water partition coefficient (Wildman–Crippen LogP) is 3.70. The van der Waals surface area contributed by atoms with Gasteiger partial charge in [-0.2, -0.15) is 0 Å². The third-order valence-corrected chi connectivity index (χ3v) is 3.63. The fourth-order valence-corrected chi connectivity index (χ4v) is 2.57. The van der Waals surface area contributed by atoms with Crippen LogP contribution in [-0.4, -0.2) is 15.6 Å². The van der Waals surface area contributed by atoms with Gasteiger partial charge in [-0.1, -0.05) is 19.8 Å². The van der Waals surface area contributed by atoms with Crippen LogP contribution in [0.4, 0.5) is 0 Å². The molecule has 0 amide bonds. The molecule has 1 fully saturated rings. The minimum Gasteiger partial charge on any atom is -0.477 e. The zero-order valence-electron chi connectivity index (χ0n) is 9.32. The summed E-state index contributed by atoms with van der Waals surface area (Å²) in [6.45, 7) is 2.12. The maximum absolute atomic E-state index is 11.1. The van der Waals surface area contributed by atoms with E-state index >= 15 is 0 Å². The van der Waals surface area contributed by atoms with Crippen molar-refractivity contribution in [1.29, 1.82) is 0 Å². The van der Waals surface area contributed by atoms with E-state index < -0.39 is 5.97 Å². The highest BCUT2D eigenvalue weighted by Crippen LogP contribution is 2.38. The normalized spacial score (nSPS) is 17.4. The van der Waals surface area contributed by atoms with E-state index in [1.54, 1.807) is 6.07 Å². The van der Waals surface area contributed by atoms with Crippen molar-refractivity contribution in [3.63, 3.8) is 0 Å². The van der Waals surface area contributed by atoms with Crippen LogP contribution in [0.15, 0.2) is 16.7 Å². The first-order valence-electron chi connectivity index (χ1n) is 5.72. The van der Waals surface area contributed by atoms with Crippen LogP contribution in [0.5, 0.6) is 0 Å². The number of aromatic nitrogens is 1. The van der Waals surface area contributed by atoms with Crippen molar-refractivity contribution in [3.05, 3.63) is 22.4 Å². The molecule has 1 aliphatic rings. The average Bonchev–Trinajstić information content (AvgIpc) is 2.96. The Kier molecular flexibility index (Phi) is 3.38. The Balaban J connectivity index is 2.24. The van der Waals surface area contributed by atoms with Crippen LogP contribution in [0.1, 0.15) is 49.1 Å². The summed E-state index contributed by atoms with van der Waals surface area (Å²) in [6, 6.07) is 2.00. The van der Waals surface area contributed by atoms with Crippen molar-refractivity contribution in [3.8, 4) is 0 Å². The van der Waals surface area contributed by atoms with Crippen LogP contribution in [0.25, 0.3) is 0 Å². The van der Waals surface area contributed by atoms with Crippen molar-refractivity contribution in [2.45, 2.75) is 38.6 Å². The van der Waals surface area contributed by atoms with Crippen molar-refractivity contribution in [2.75, 3.05) is 0 Å². The number of carboxylic acids is 1. The molecule has 2 rings (SSSR count). The zero-order valence-corrected chi connectivity index (χ0v) is 10.9. The topological polar surface area (TPSA) is 42.2 Å². The molecule has 1 aliphatic carbocycles. The Morgan fingerprint density at radius 3 is 2.88 bits per heavy atom. The van der Waals surface area contributed by atoms with Crippen molar-refractivity contribution in [1.82, 2.24) is 4.57 Å². The van der Waals surface area contributed by atoms with Gasteiger partial charge in [0, 0.05) is 16.7 Å². The van der Waals surface area contributed by atoms with Gasteiger partial charge in [0.25, 0.3) is 0 Å². The van der Waals surface area contributed by atoms with Crippen LogP contribution < -0.4 is 0 Å². The molecule has 0 spiro atoms. The molecule has 0 bridgehead atoms. The van der Waals surface area contributed by atoms with Gasteiger partial charge in [0.2, 0.25) is 0 Å². The average molecular weight is 286 g/mol. The van der Waals surface area contributed by atoms with Crippen LogP contribution in [-0.2, 0) is 0 Å². The largest absolute Gasteiger partial charge is 0.477 e. The Hall–Kier alpha value is -0.770. The van der Waals surface area contributed by atoms with Gasteiger partial charge in [-0.15, -0.1) is 0 Å². The van der Waals surface area contributed by atoms with E-state index in [9.17, 15) is 4.79 Å². The summed E-state index contributed by atoms with van der Waals surface area (Å²) < 4.78 is 2.75. The van der Waals surface area contributed by atoms with Crippen LogP contribution in [0.2, 0.25) is 0 Å². The molecule has 0 aliphatic heterocycles. The van der Waals surface area contributed by atoms with Gasteiger partial charge in [0.15, 0.2) is 0 Å². The van der Waals surface area contributed by atoms with Crippen LogP contribution in [0.3, 0.4) is 0 Å². The van der Waals surface area contributed by atoms with E-state index in [-0.39, 0.29) is 0 Å². The molecule has 1 unspecified atom stereocenters. The maximum Gasteiger partial charge on any atom is 0.352 e. The highest BCUT2D eigenvalue weighted by molar-refractivity contribution is 9.10. The van der Waals surface area contributed by atoms with Gasteiger partial charge in [-0.25, -0.2) is 4.79 Å². The number of rotatable bonds is 5. The summed E-state index contributed by atoms with van der Waals surface area (Å²) in [7, 11) is 0. The van der Waals surface area contributed by atoms with Crippen LogP contribution >= 0.6 is 15.9 Å². The summed E-state index contributed by atoms with van der Waals surface area (Å²) in [4.78, 5) is 11.1. The van der Waals surface area contributed by atoms with E-state index in [1.807, 2.05) is 10.8 Å². The third-order valence-electron chi connectivity index (χ3n) is 3.20. The standard InChI is InChI=1S/C12H16BrNO2/c1-2-10(5-8-3-4-8)14-7-9(13)6-11(14)12(15)16/h6-8,10H,2-5H2,1H3,(H,15,16). The second-order valence-corrected chi connectivity index (χ2v) is 5.41. The molecule has 1 heterocycles. The number of hydrogen-bond donors (Lipinski definition) is 1. The molecule has 4 heteroatoms. The molecule has 1 N–H and O–H groups in total. The number of carboxylic acid groups (broad SMARTS) is 1. The molecule has 1 atom stereocenters. The number of nitrogens with zero attached hydrogens (tertiary/aromatic N) is 1. The summed E-state index contributed by atoms with van der Waals surface area (Å²) in [5.74, 6) is -0.0345. The van der Waals surface area contributed by atoms with E-state index in [1.165, 1.54) is 12.8 Å². The minimum absolute atomic E-state index is 0.324. The predicted molar refractivity (Wildman–Crippen MR) is 65.8 cm³/mol.